The predicted molar refractivity (Wildman–Crippen MR) is 149 cm³/mol. The summed E-state index contributed by atoms with van der Waals surface area (Å²) >= 11 is 3.42. The number of hydrogen-bond acceptors (Lipinski definition) is 7. The van der Waals surface area contributed by atoms with Crippen molar-refractivity contribution in [3.05, 3.63) is 69.6 Å². The van der Waals surface area contributed by atoms with Gasteiger partial charge in [0.25, 0.3) is 0 Å². The topological polar surface area (TPSA) is 134 Å². The third-order valence-corrected chi connectivity index (χ3v) is 8.56. The van der Waals surface area contributed by atoms with Crippen molar-refractivity contribution in [2.45, 2.75) is 44.6 Å². The van der Waals surface area contributed by atoms with Crippen LogP contribution in [0.5, 0.6) is 11.5 Å². The minimum Gasteiger partial charge on any atom is -0.508 e. The number of phenolic OH excluding ortho intramolecular Hbond substituents is 1. The molecule has 0 radical (unpaired) electrons. The van der Waals surface area contributed by atoms with Crippen LogP contribution in [0.4, 0.5) is 0 Å². The van der Waals surface area contributed by atoms with E-state index in [1.807, 2.05) is 30.3 Å². The van der Waals surface area contributed by atoms with E-state index in [4.69, 9.17) is 14.5 Å². The van der Waals surface area contributed by atoms with Crippen LogP contribution in [0.15, 0.2) is 64.0 Å². The molecule has 0 unspecified atom stereocenters. The second-order valence-electron chi connectivity index (χ2n) is 10.6. The van der Waals surface area contributed by atoms with Crippen LogP contribution in [0.2, 0.25) is 0 Å². The molecular formula is C29H31BBrNO8. The van der Waals surface area contributed by atoms with Crippen molar-refractivity contribution < 1.29 is 39.0 Å². The Morgan fingerprint density at radius 2 is 1.85 bits per heavy atom. The molecule has 1 aliphatic carbocycles. The summed E-state index contributed by atoms with van der Waals surface area (Å²) in [6.07, 6.45) is 1.54. The second kappa shape index (κ2) is 12.2. The fraction of sp³-hybridized carbons (Fsp3) is 0.414. The summed E-state index contributed by atoms with van der Waals surface area (Å²) in [4.78, 5) is 39.4. The van der Waals surface area contributed by atoms with E-state index in [1.54, 1.807) is 18.2 Å². The fourth-order valence-corrected chi connectivity index (χ4v) is 6.60. The van der Waals surface area contributed by atoms with Crippen LogP contribution >= 0.6 is 15.9 Å². The number of carboxylic acids is 1. The highest BCUT2D eigenvalue weighted by molar-refractivity contribution is 9.10. The highest BCUT2D eigenvalue weighted by atomic mass is 79.9. The van der Waals surface area contributed by atoms with Crippen molar-refractivity contribution in [2.24, 2.45) is 17.8 Å². The van der Waals surface area contributed by atoms with E-state index < -0.39 is 36.9 Å². The van der Waals surface area contributed by atoms with Gasteiger partial charge in [-0.05, 0) is 73.0 Å². The Bertz CT molecular complexity index is 1320. The summed E-state index contributed by atoms with van der Waals surface area (Å²) in [5, 5.41) is 30.7. The lowest BCUT2D eigenvalue weighted by Crippen LogP contribution is -2.45. The Morgan fingerprint density at radius 3 is 2.60 bits per heavy atom. The van der Waals surface area contributed by atoms with Crippen LogP contribution in [-0.2, 0) is 19.0 Å². The zero-order chi connectivity index (χ0) is 28.4. The average molecular weight is 612 g/mol. The minimum atomic E-state index is -1.33. The first-order chi connectivity index (χ1) is 19.2. The zero-order valence-electron chi connectivity index (χ0n) is 21.9. The number of amides is 2. The predicted octanol–water partition coefficient (Wildman–Crippen LogP) is 4.28. The van der Waals surface area contributed by atoms with Gasteiger partial charge in [-0.25, -0.2) is 0 Å². The van der Waals surface area contributed by atoms with Gasteiger partial charge in [-0.1, -0.05) is 40.5 Å². The SMILES string of the molecule is O=C(O)CCCCCN1C(=O)[C@H]2[C@H](CC(COc3ccccc3)=C3B(O)O[C@H](c4cc(Br)ccc4O)C[C@H]32)C1=O. The lowest BCUT2D eigenvalue weighted by Gasteiger charge is -2.42. The Kier molecular flexibility index (Phi) is 8.63. The van der Waals surface area contributed by atoms with Crippen LogP contribution in [0.1, 0.15) is 50.2 Å². The molecule has 2 amide bonds. The molecule has 0 bridgehead atoms. The van der Waals surface area contributed by atoms with Gasteiger partial charge < -0.3 is 24.6 Å². The Hall–Kier alpha value is -3.15. The molecule has 0 saturated carbocycles. The number of carbonyl (C=O) groups is 3. The Labute approximate surface area is 241 Å². The van der Waals surface area contributed by atoms with Crippen LogP contribution in [0, 0.1) is 17.8 Å². The average Bonchev–Trinajstić information content (AvgIpc) is 3.17. The van der Waals surface area contributed by atoms with Gasteiger partial charge in [-0.2, -0.15) is 0 Å². The molecule has 5 rings (SSSR count). The number of imide groups is 1. The molecule has 2 heterocycles. The number of para-hydroxylation sites is 1. The van der Waals surface area contributed by atoms with Gasteiger partial charge in [0.1, 0.15) is 18.1 Å². The van der Waals surface area contributed by atoms with Crippen molar-refractivity contribution in [1.29, 1.82) is 0 Å². The monoisotopic (exact) mass is 611 g/mol. The van der Waals surface area contributed by atoms with Crippen molar-refractivity contribution >= 4 is 40.8 Å². The van der Waals surface area contributed by atoms with Crippen LogP contribution in [-0.4, -0.2) is 58.2 Å². The van der Waals surface area contributed by atoms with E-state index >= 15 is 0 Å². The summed E-state index contributed by atoms with van der Waals surface area (Å²) in [5.74, 6) is -2.44. The molecule has 2 fully saturated rings. The number of allylic oxidation sites excluding steroid dienone is 1. The first kappa shape index (κ1) is 28.4. The number of ether oxygens (including phenoxy) is 1. The Morgan fingerprint density at radius 1 is 1.07 bits per heavy atom. The molecule has 0 spiro atoms. The summed E-state index contributed by atoms with van der Waals surface area (Å²) in [7, 11) is -1.33. The molecule has 2 saturated heterocycles. The maximum atomic E-state index is 13.7. The minimum absolute atomic E-state index is 0.0182. The molecule has 40 heavy (non-hydrogen) atoms. The highest BCUT2D eigenvalue weighted by Gasteiger charge is 2.57. The maximum Gasteiger partial charge on any atom is 0.487 e. The quantitative estimate of drug-likeness (QED) is 0.206. The number of carbonyl (C=O) groups excluding carboxylic acids is 2. The molecule has 0 aromatic heterocycles. The fourth-order valence-electron chi connectivity index (χ4n) is 6.22. The van der Waals surface area contributed by atoms with E-state index in [9.17, 15) is 24.5 Å². The molecular weight excluding hydrogens is 581 g/mol. The molecule has 2 aromatic carbocycles. The largest absolute Gasteiger partial charge is 0.508 e. The Balaban J connectivity index is 1.42. The van der Waals surface area contributed by atoms with Crippen LogP contribution in [0.25, 0.3) is 0 Å². The summed E-state index contributed by atoms with van der Waals surface area (Å²) in [5.41, 5.74) is 1.81. The van der Waals surface area contributed by atoms with Crippen molar-refractivity contribution in [3.8, 4) is 11.5 Å². The van der Waals surface area contributed by atoms with E-state index in [0.29, 0.717) is 42.5 Å². The van der Waals surface area contributed by atoms with Gasteiger partial charge >= 0.3 is 13.1 Å². The van der Waals surface area contributed by atoms with E-state index in [1.165, 1.54) is 4.90 Å². The number of nitrogens with zero attached hydrogens (tertiary/aromatic N) is 1. The number of unbranched alkanes of at least 4 members (excludes halogenated alkanes) is 2. The zero-order valence-corrected chi connectivity index (χ0v) is 23.5. The van der Waals surface area contributed by atoms with Crippen molar-refractivity contribution in [2.75, 3.05) is 13.2 Å². The summed E-state index contributed by atoms with van der Waals surface area (Å²) in [6, 6.07) is 14.2. The van der Waals surface area contributed by atoms with Gasteiger partial charge in [-0.3, -0.25) is 19.3 Å². The van der Waals surface area contributed by atoms with Gasteiger partial charge in [0.2, 0.25) is 11.8 Å². The number of carboxylic acid groups (broad SMARTS) is 1. The van der Waals surface area contributed by atoms with E-state index in [0.717, 1.165) is 10.0 Å². The third-order valence-electron chi connectivity index (χ3n) is 8.07. The first-order valence-corrected chi connectivity index (χ1v) is 14.3. The number of halogens is 1. The van der Waals surface area contributed by atoms with Crippen LogP contribution < -0.4 is 4.74 Å². The number of rotatable bonds is 10. The smallest absolute Gasteiger partial charge is 0.487 e. The number of phenols is 1. The van der Waals surface area contributed by atoms with Crippen molar-refractivity contribution in [1.82, 2.24) is 4.90 Å². The second-order valence-corrected chi connectivity index (χ2v) is 11.5. The molecule has 11 heteroatoms. The number of aliphatic carboxylic acids is 1. The molecule has 3 N–H and O–H groups in total. The normalized spacial score (nSPS) is 24.2. The number of hydrogen-bond donors (Lipinski definition) is 3. The molecule has 9 nitrogen and oxygen atoms in total. The highest BCUT2D eigenvalue weighted by Crippen LogP contribution is 2.52. The molecule has 3 aliphatic rings. The lowest BCUT2D eigenvalue weighted by atomic mass is 9.55. The van der Waals surface area contributed by atoms with Crippen molar-refractivity contribution in [3.63, 3.8) is 0 Å². The van der Waals surface area contributed by atoms with Crippen LogP contribution in [0.3, 0.4) is 0 Å². The van der Waals surface area contributed by atoms with Gasteiger partial charge in [0.05, 0.1) is 17.9 Å². The number of benzene rings is 2. The summed E-state index contributed by atoms with van der Waals surface area (Å²) in [6.45, 7) is 0.375. The maximum absolute atomic E-state index is 13.7. The first-order valence-electron chi connectivity index (χ1n) is 13.5. The van der Waals surface area contributed by atoms with Gasteiger partial charge in [0, 0.05) is 23.0 Å². The molecule has 2 aliphatic heterocycles. The van der Waals surface area contributed by atoms with Gasteiger partial charge in [-0.15, -0.1) is 0 Å². The van der Waals surface area contributed by atoms with E-state index in [2.05, 4.69) is 15.9 Å². The number of likely N-dealkylation sites (tertiary alicyclic amines) is 1. The number of fused-ring (bicyclic) bond motifs is 3. The number of aromatic hydroxyl groups is 1. The third kappa shape index (κ3) is 5.82. The standard InChI is InChI=1S/C29H31BBrNO8/c31-18-10-11-23(33)20(14-18)24-15-21-26-22(28(36)32(29(26)37)12-6-2-5-9-25(34)35)13-17(27(21)30(38)40-24)16-39-19-7-3-1-4-8-19/h1,3-4,7-8,10-11,14,21-22,24,26,33,38H,2,5-6,9,12-13,15-16H2,(H,34,35)/t21-,22-,24-,26+/m0/s1. The molecule has 4 atom stereocenters. The molecule has 210 valence electrons. The lowest BCUT2D eigenvalue weighted by molar-refractivity contribution is -0.141. The summed E-state index contributed by atoms with van der Waals surface area (Å²) < 4.78 is 12.8. The van der Waals surface area contributed by atoms with E-state index in [-0.39, 0.29) is 43.6 Å². The van der Waals surface area contributed by atoms with Gasteiger partial charge in [0.15, 0.2) is 0 Å². The molecule has 2 aromatic rings.